The van der Waals surface area contributed by atoms with E-state index in [0.29, 0.717) is 30.6 Å². The molecular weight excluding hydrogens is 338 g/mol. The maximum Gasteiger partial charge on any atom is 0.497 e. The predicted octanol–water partition coefficient (Wildman–Crippen LogP) is 1.80. The molecule has 140 valence electrons. The topological polar surface area (TPSA) is 65.7 Å². The standard InChI is InChI=1S/C18H24BFN2O4/c1-17(2)18(3,4)26-19(25-17)12-7-11-9-22(21-14(11)8-13(12)20)15-10-24-6-5-16(15)23/h7-9,15-16,23H,5-6,10H2,1-4H3/t15-,16-/m0/s1. The molecule has 3 heterocycles. The van der Waals surface area contributed by atoms with Gasteiger partial charge in [0.1, 0.15) is 11.9 Å². The van der Waals surface area contributed by atoms with E-state index in [2.05, 4.69) is 5.10 Å². The third-order valence-corrected chi connectivity index (χ3v) is 5.78. The predicted molar refractivity (Wildman–Crippen MR) is 95.9 cm³/mol. The van der Waals surface area contributed by atoms with Gasteiger partial charge in [0.2, 0.25) is 0 Å². The average Bonchev–Trinajstić information content (AvgIpc) is 3.04. The van der Waals surface area contributed by atoms with E-state index in [0.717, 1.165) is 5.39 Å². The Hall–Kier alpha value is -1.48. The molecule has 0 aliphatic carbocycles. The molecule has 1 N–H and O–H groups in total. The van der Waals surface area contributed by atoms with Crippen LogP contribution in [0.15, 0.2) is 18.3 Å². The Bertz CT molecular complexity index is 822. The molecule has 2 fully saturated rings. The lowest BCUT2D eigenvalue weighted by molar-refractivity contribution is -0.0327. The van der Waals surface area contributed by atoms with Gasteiger partial charge in [-0.05, 0) is 40.2 Å². The van der Waals surface area contributed by atoms with Crippen molar-refractivity contribution in [2.75, 3.05) is 13.2 Å². The van der Waals surface area contributed by atoms with Gasteiger partial charge in [0.25, 0.3) is 0 Å². The van der Waals surface area contributed by atoms with Crippen LogP contribution in [0.3, 0.4) is 0 Å². The number of nitrogens with zero attached hydrogens (tertiary/aromatic N) is 2. The second-order valence-electron chi connectivity index (χ2n) is 8.13. The van der Waals surface area contributed by atoms with Crippen LogP contribution in [0.5, 0.6) is 0 Å². The summed E-state index contributed by atoms with van der Waals surface area (Å²) in [5, 5.41) is 15.4. The van der Waals surface area contributed by atoms with E-state index in [1.54, 1.807) is 10.7 Å². The number of hydrogen-bond donors (Lipinski definition) is 1. The van der Waals surface area contributed by atoms with Gasteiger partial charge in [0.15, 0.2) is 0 Å². The molecule has 6 nitrogen and oxygen atoms in total. The van der Waals surface area contributed by atoms with Crippen molar-refractivity contribution in [3.05, 3.63) is 24.1 Å². The fraction of sp³-hybridized carbons (Fsp3) is 0.611. The highest BCUT2D eigenvalue weighted by Crippen LogP contribution is 2.37. The number of aliphatic hydroxyl groups is 1. The van der Waals surface area contributed by atoms with Crippen LogP contribution in [0.2, 0.25) is 0 Å². The van der Waals surface area contributed by atoms with E-state index in [9.17, 15) is 9.50 Å². The van der Waals surface area contributed by atoms with Crippen LogP contribution in [0.1, 0.15) is 40.2 Å². The molecule has 0 unspecified atom stereocenters. The molecule has 1 aromatic heterocycles. The summed E-state index contributed by atoms with van der Waals surface area (Å²) in [6.07, 6.45) is 1.85. The number of benzene rings is 1. The summed E-state index contributed by atoms with van der Waals surface area (Å²) in [6, 6.07) is 2.84. The van der Waals surface area contributed by atoms with E-state index in [4.69, 9.17) is 14.0 Å². The van der Waals surface area contributed by atoms with Crippen molar-refractivity contribution in [1.82, 2.24) is 9.78 Å². The molecule has 1 aromatic carbocycles. The molecule has 2 atom stereocenters. The van der Waals surface area contributed by atoms with Gasteiger partial charge in [0, 0.05) is 29.7 Å². The Morgan fingerprint density at radius 1 is 1.23 bits per heavy atom. The molecule has 2 aromatic rings. The molecule has 26 heavy (non-hydrogen) atoms. The summed E-state index contributed by atoms with van der Waals surface area (Å²) in [4.78, 5) is 0. The normalized spacial score (nSPS) is 28.0. The largest absolute Gasteiger partial charge is 0.497 e. The zero-order valence-corrected chi connectivity index (χ0v) is 15.5. The van der Waals surface area contributed by atoms with Gasteiger partial charge in [-0.25, -0.2) is 4.39 Å². The second kappa shape index (κ2) is 6.02. The molecule has 4 rings (SSSR count). The maximum atomic E-state index is 14.7. The van der Waals surface area contributed by atoms with Crippen LogP contribution in [0.4, 0.5) is 4.39 Å². The average molecular weight is 362 g/mol. The lowest BCUT2D eigenvalue weighted by Crippen LogP contribution is -2.41. The molecule has 2 saturated heterocycles. The van der Waals surface area contributed by atoms with E-state index < -0.39 is 30.2 Å². The minimum absolute atomic E-state index is 0.264. The number of aliphatic hydroxyl groups excluding tert-OH is 1. The summed E-state index contributed by atoms with van der Waals surface area (Å²) in [5.74, 6) is -0.415. The summed E-state index contributed by atoms with van der Waals surface area (Å²) in [7, 11) is -0.767. The Morgan fingerprint density at radius 3 is 2.58 bits per heavy atom. The number of fused-ring (bicyclic) bond motifs is 1. The van der Waals surface area contributed by atoms with Crippen LogP contribution in [-0.2, 0) is 14.0 Å². The quantitative estimate of drug-likeness (QED) is 0.826. The summed E-state index contributed by atoms with van der Waals surface area (Å²) in [5.41, 5.74) is -0.184. The van der Waals surface area contributed by atoms with E-state index in [1.807, 2.05) is 33.9 Å². The molecule has 2 aliphatic heterocycles. The Labute approximate surface area is 152 Å². The van der Waals surface area contributed by atoms with Crippen molar-refractivity contribution >= 4 is 23.5 Å². The van der Waals surface area contributed by atoms with Gasteiger partial charge in [0.05, 0.1) is 29.4 Å². The van der Waals surface area contributed by atoms with Gasteiger partial charge < -0.3 is 19.2 Å². The third-order valence-electron chi connectivity index (χ3n) is 5.78. The first-order valence-electron chi connectivity index (χ1n) is 8.98. The molecule has 8 heteroatoms. The summed E-state index contributed by atoms with van der Waals surface area (Å²) < 4.78 is 33.8. The van der Waals surface area contributed by atoms with Crippen LogP contribution in [0, 0.1) is 5.82 Å². The van der Waals surface area contributed by atoms with Crippen molar-refractivity contribution in [2.24, 2.45) is 0 Å². The van der Waals surface area contributed by atoms with Crippen LogP contribution >= 0.6 is 0 Å². The SMILES string of the molecule is CC1(C)OB(c2cc3cn([C@H]4COCC[C@@H]4O)nc3cc2F)OC1(C)C. The van der Waals surface area contributed by atoms with Gasteiger partial charge >= 0.3 is 7.12 Å². The Balaban J connectivity index is 1.69. The van der Waals surface area contributed by atoms with E-state index in [-0.39, 0.29) is 6.04 Å². The fourth-order valence-electron chi connectivity index (χ4n) is 3.37. The minimum atomic E-state index is -0.767. The minimum Gasteiger partial charge on any atom is -0.399 e. The highest BCUT2D eigenvalue weighted by atomic mass is 19.1. The zero-order valence-electron chi connectivity index (χ0n) is 15.5. The fourth-order valence-corrected chi connectivity index (χ4v) is 3.37. The van der Waals surface area contributed by atoms with Gasteiger partial charge in [-0.3, -0.25) is 4.68 Å². The van der Waals surface area contributed by atoms with Crippen molar-refractivity contribution in [1.29, 1.82) is 0 Å². The third kappa shape index (κ3) is 2.85. The highest BCUT2D eigenvalue weighted by Gasteiger charge is 2.52. The van der Waals surface area contributed by atoms with E-state index in [1.165, 1.54) is 6.07 Å². The van der Waals surface area contributed by atoms with Gasteiger partial charge in [-0.2, -0.15) is 5.10 Å². The lowest BCUT2D eigenvalue weighted by atomic mass is 9.78. The van der Waals surface area contributed by atoms with Crippen molar-refractivity contribution in [3.8, 4) is 0 Å². The molecule has 2 aliphatic rings. The van der Waals surface area contributed by atoms with Crippen LogP contribution in [0.25, 0.3) is 10.9 Å². The molecule has 0 amide bonds. The second-order valence-corrected chi connectivity index (χ2v) is 8.13. The number of halogens is 1. The van der Waals surface area contributed by atoms with Gasteiger partial charge in [-0.1, -0.05) is 0 Å². The van der Waals surface area contributed by atoms with Crippen molar-refractivity contribution in [2.45, 2.75) is 57.5 Å². The number of rotatable bonds is 2. The number of ether oxygens (including phenoxy) is 1. The molecule has 0 saturated carbocycles. The van der Waals surface area contributed by atoms with Gasteiger partial charge in [-0.15, -0.1) is 0 Å². The first kappa shape index (κ1) is 17.9. The molecule has 0 spiro atoms. The van der Waals surface area contributed by atoms with E-state index >= 15 is 0 Å². The Kier molecular flexibility index (Phi) is 4.15. The molecule has 0 radical (unpaired) electrons. The van der Waals surface area contributed by atoms with Crippen LogP contribution in [-0.4, -0.2) is 52.5 Å². The molecule has 0 bridgehead atoms. The molecular formula is C18H24BFN2O4. The van der Waals surface area contributed by atoms with Crippen LogP contribution < -0.4 is 5.46 Å². The maximum absolute atomic E-state index is 14.7. The van der Waals surface area contributed by atoms with Crippen molar-refractivity contribution in [3.63, 3.8) is 0 Å². The first-order valence-corrected chi connectivity index (χ1v) is 8.98. The summed E-state index contributed by atoms with van der Waals surface area (Å²) in [6.45, 7) is 8.68. The number of aromatic nitrogens is 2. The lowest BCUT2D eigenvalue weighted by Gasteiger charge is -2.32. The highest BCUT2D eigenvalue weighted by molar-refractivity contribution is 6.62. The zero-order chi connectivity index (χ0) is 18.7. The summed E-state index contributed by atoms with van der Waals surface area (Å²) >= 11 is 0. The Morgan fingerprint density at radius 2 is 1.92 bits per heavy atom. The number of hydrogen-bond acceptors (Lipinski definition) is 5. The first-order chi connectivity index (χ1) is 12.2. The monoisotopic (exact) mass is 362 g/mol. The smallest absolute Gasteiger partial charge is 0.399 e. The van der Waals surface area contributed by atoms with Crippen molar-refractivity contribution < 1.29 is 23.5 Å².